The number of hydrogen-bond donors (Lipinski definition) is 1. The average molecular weight is 310 g/mol. The number of sulfonamides is 1. The maximum Gasteiger partial charge on any atom is 0.243 e. The van der Waals surface area contributed by atoms with Crippen molar-refractivity contribution in [3.63, 3.8) is 0 Å². The van der Waals surface area contributed by atoms with E-state index in [9.17, 15) is 8.42 Å². The van der Waals surface area contributed by atoms with E-state index in [1.54, 1.807) is 10.4 Å². The van der Waals surface area contributed by atoms with Gasteiger partial charge in [-0.3, -0.25) is 0 Å². The zero-order chi connectivity index (χ0) is 15.5. The van der Waals surface area contributed by atoms with Crippen LogP contribution in [0.15, 0.2) is 23.1 Å². The summed E-state index contributed by atoms with van der Waals surface area (Å²) in [5.74, 6) is 0. The Morgan fingerprint density at radius 2 is 2.05 bits per heavy atom. The Morgan fingerprint density at radius 3 is 2.76 bits per heavy atom. The lowest BCUT2D eigenvalue weighted by atomic mass is 10.1. The minimum atomic E-state index is -3.40. The smallest absolute Gasteiger partial charge is 0.243 e. The zero-order valence-electron chi connectivity index (χ0n) is 13.2. The molecule has 1 aromatic rings. The van der Waals surface area contributed by atoms with E-state index in [0.29, 0.717) is 18.0 Å². The molecular formula is C16H26N2O2S. The van der Waals surface area contributed by atoms with Crippen LogP contribution in [0.25, 0.3) is 0 Å². The van der Waals surface area contributed by atoms with Crippen molar-refractivity contribution in [3.8, 4) is 0 Å². The fourth-order valence-electron chi connectivity index (χ4n) is 3.05. The molecule has 5 heteroatoms. The van der Waals surface area contributed by atoms with Gasteiger partial charge in [0.1, 0.15) is 0 Å². The van der Waals surface area contributed by atoms with Gasteiger partial charge in [-0.1, -0.05) is 25.0 Å². The molecule has 0 saturated carbocycles. The van der Waals surface area contributed by atoms with Gasteiger partial charge in [-0.15, -0.1) is 0 Å². The van der Waals surface area contributed by atoms with E-state index < -0.39 is 10.0 Å². The van der Waals surface area contributed by atoms with Gasteiger partial charge >= 0.3 is 0 Å². The molecule has 1 fully saturated rings. The predicted octanol–water partition coefficient (Wildman–Crippen LogP) is 2.67. The molecule has 2 rings (SSSR count). The van der Waals surface area contributed by atoms with Gasteiger partial charge in [0.25, 0.3) is 0 Å². The van der Waals surface area contributed by atoms with Crippen LogP contribution in [-0.2, 0) is 16.6 Å². The van der Waals surface area contributed by atoms with Crippen molar-refractivity contribution in [2.24, 2.45) is 0 Å². The van der Waals surface area contributed by atoms with Gasteiger partial charge in [-0.2, -0.15) is 4.31 Å². The SMILES string of the molecule is CNCc1cccc(S(=O)(=O)N2CCCCCC2C)c1C. The predicted molar refractivity (Wildman–Crippen MR) is 85.8 cm³/mol. The summed E-state index contributed by atoms with van der Waals surface area (Å²) in [5.41, 5.74) is 1.91. The highest BCUT2D eigenvalue weighted by molar-refractivity contribution is 7.89. The third-order valence-electron chi connectivity index (χ3n) is 4.34. The summed E-state index contributed by atoms with van der Waals surface area (Å²) < 4.78 is 27.8. The Labute approximate surface area is 128 Å². The molecule has 0 spiro atoms. The van der Waals surface area contributed by atoms with E-state index in [2.05, 4.69) is 5.32 Å². The molecule has 118 valence electrons. The van der Waals surface area contributed by atoms with Gasteiger partial charge in [0.2, 0.25) is 10.0 Å². The maximum absolute atomic E-state index is 13.0. The molecule has 0 radical (unpaired) electrons. The second-order valence-corrected chi connectivity index (χ2v) is 7.74. The van der Waals surface area contributed by atoms with Crippen molar-refractivity contribution >= 4 is 10.0 Å². The fourth-order valence-corrected chi connectivity index (χ4v) is 5.02. The van der Waals surface area contributed by atoms with Crippen molar-refractivity contribution in [3.05, 3.63) is 29.3 Å². The van der Waals surface area contributed by atoms with E-state index in [1.807, 2.05) is 33.0 Å². The Hall–Kier alpha value is -0.910. The first-order valence-corrected chi connectivity index (χ1v) is 9.17. The second-order valence-electron chi connectivity index (χ2n) is 5.88. The van der Waals surface area contributed by atoms with E-state index in [0.717, 1.165) is 36.8 Å². The van der Waals surface area contributed by atoms with Crippen LogP contribution in [0.3, 0.4) is 0 Å². The Morgan fingerprint density at radius 1 is 1.29 bits per heavy atom. The van der Waals surface area contributed by atoms with Crippen molar-refractivity contribution in [2.75, 3.05) is 13.6 Å². The van der Waals surface area contributed by atoms with Gasteiger partial charge < -0.3 is 5.32 Å². The van der Waals surface area contributed by atoms with Crippen LogP contribution in [-0.4, -0.2) is 32.4 Å². The van der Waals surface area contributed by atoms with Crippen molar-refractivity contribution < 1.29 is 8.42 Å². The van der Waals surface area contributed by atoms with Crippen LogP contribution in [0.1, 0.15) is 43.7 Å². The lowest BCUT2D eigenvalue weighted by Crippen LogP contribution is -2.38. The van der Waals surface area contributed by atoms with E-state index in [-0.39, 0.29) is 6.04 Å². The lowest BCUT2D eigenvalue weighted by Gasteiger charge is -2.27. The molecule has 1 heterocycles. The molecule has 1 aliphatic rings. The summed E-state index contributed by atoms with van der Waals surface area (Å²) in [7, 11) is -1.53. The minimum absolute atomic E-state index is 0.0878. The standard InChI is InChI=1S/C16H26N2O2S/c1-13-8-5-4-6-11-18(13)21(19,20)16-10-7-9-15(12-17-3)14(16)2/h7,9-10,13,17H,4-6,8,11-12H2,1-3H3. The van der Waals surface area contributed by atoms with Gasteiger partial charge in [-0.05, 0) is 50.9 Å². The highest BCUT2D eigenvalue weighted by Crippen LogP contribution is 2.27. The van der Waals surface area contributed by atoms with Crippen LogP contribution in [0.2, 0.25) is 0 Å². The van der Waals surface area contributed by atoms with Crippen LogP contribution < -0.4 is 5.32 Å². The molecule has 1 aliphatic heterocycles. The number of nitrogens with one attached hydrogen (secondary N) is 1. The highest BCUT2D eigenvalue weighted by Gasteiger charge is 2.31. The molecule has 1 unspecified atom stereocenters. The molecule has 0 aliphatic carbocycles. The van der Waals surface area contributed by atoms with Crippen molar-refractivity contribution in [1.82, 2.24) is 9.62 Å². The Kier molecular flexibility index (Phi) is 5.41. The van der Waals surface area contributed by atoms with Crippen molar-refractivity contribution in [2.45, 2.75) is 57.0 Å². The quantitative estimate of drug-likeness (QED) is 0.930. The monoisotopic (exact) mass is 310 g/mol. The summed E-state index contributed by atoms with van der Waals surface area (Å²) in [5, 5.41) is 3.09. The largest absolute Gasteiger partial charge is 0.316 e. The number of rotatable bonds is 4. The molecule has 0 bridgehead atoms. The third-order valence-corrected chi connectivity index (χ3v) is 6.50. The molecular weight excluding hydrogens is 284 g/mol. The Balaban J connectivity index is 2.41. The average Bonchev–Trinajstić information content (AvgIpc) is 2.66. The normalized spacial score (nSPS) is 21.2. The molecule has 1 N–H and O–H groups in total. The summed E-state index contributed by atoms with van der Waals surface area (Å²) in [6, 6.07) is 5.65. The third kappa shape index (κ3) is 3.47. The zero-order valence-corrected chi connectivity index (χ0v) is 14.0. The topological polar surface area (TPSA) is 49.4 Å². The van der Waals surface area contributed by atoms with Crippen LogP contribution in [0.5, 0.6) is 0 Å². The molecule has 21 heavy (non-hydrogen) atoms. The number of hydrogen-bond acceptors (Lipinski definition) is 3. The first-order chi connectivity index (χ1) is 9.98. The minimum Gasteiger partial charge on any atom is -0.316 e. The van der Waals surface area contributed by atoms with E-state index in [1.165, 1.54) is 0 Å². The second kappa shape index (κ2) is 6.90. The summed E-state index contributed by atoms with van der Waals surface area (Å²) in [6.45, 7) is 5.25. The first kappa shape index (κ1) is 16.5. The number of benzene rings is 1. The molecule has 1 atom stereocenters. The lowest BCUT2D eigenvalue weighted by molar-refractivity contribution is 0.342. The molecule has 1 saturated heterocycles. The van der Waals surface area contributed by atoms with Crippen LogP contribution in [0.4, 0.5) is 0 Å². The first-order valence-electron chi connectivity index (χ1n) is 7.73. The molecule has 1 aromatic carbocycles. The van der Waals surface area contributed by atoms with E-state index >= 15 is 0 Å². The van der Waals surface area contributed by atoms with Gasteiger partial charge in [0.05, 0.1) is 4.90 Å². The highest BCUT2D eigenvalue weighted by atomic mass is 32.2. The Bertz CT molecular complexity index is 584. The molecule has 0 aromatic heterocycles. The van der Waals surface area contributed by atoms with E-state index in [4.69, 9.17) is 0 Å². The molecule has 4 nitrogen and oxygen atoms in total. The van der Waals surface area contributed by atoms with Crippen LogP contribution in [0, 0.1) is 6.92 Å². The van der Waals surface area contributed by atoms with Gasteiger partial charge in [-0.25, -0.2) is 8.42 Å². The maximum atomic E-state index is 13.0. The summed E-state index contributed by atoms with van der Waals surface area (Å²) in [4.78, 5) is 0.462. The molecule has 0 amide bonds. The van der Waals surface area contributed by atoms with Crippen molar-refractivity contribution in [1.29, 1.82) is 0 Å². The van der Waals surface area contributed by atoms with Gasteiger partial charge in [0.15, 0.2) is 0 Å². The number of nitrogens with zero attached hydrogens (tertiary/aromatic N) is 1. The summed E-state index contributed by atoms with van der Waals surface area (Å²) in [6.07, 6.45) is 4.15. The summed E-state index contributed by atoms with van der Waals surface area (Å²) >= 11 is 0. The van der Waals surface area contributed by atoms with Crippen LogP contribution >= 0.6 is 0 Å². The van der Waals surface area contributed by atoms with Gasteiger partial charge in [0, 0.05) is 19.1 Å². The fraction of sp³-hybridized carbons (Fsp3) is 0.625.